The summed E-state index contributed by atoms with van der Waals surface area (Å²) in [4.78, 5) is 17.7. The fraction of sp³-hybridized carbons (Fsp3) is 0.455. The molecule has 82 valence electrons. The van der Waals surface area contributed by atoms with E-state index in [4.69, 9.17) is 5.73 Å². The first-order valence-corrected chi connectivity index (χ1v) is 5.19. The maximum absolute atomic E-state index is 12.0. The van der Waals surface area contributed by atoms with Crippen LogP contribution < -0.4 is 5.73 Å². The third-order valence-electron chi connectivity index (χ3n) is 2.25. The van der Waals surface area contributed by atoms with E-state index < -0.39 is 0 Å². The number of carbonyl (C=O) groups is 1. The Morgan fingerprint density at radius 1 is 1.53 bits per heavy atom. The number of pyridine rings is 1. The third kappa shape index (κ3) is 2.68. The molecular formula is C11H17N3O. The molecule has 0 bridgehead atoms. The Kier molecular flexibility index (Phi) is 4.09. The topological polar surface area (TPSA) is 59.2 Å². The molecule has 4 nitrogen and oxygen atoms in total. The number of nitrogens with two attached hydrogens (primary N) is 1. The van der Waals surface area contributed by atoms with Crippen LogP contribution in [0.5, 0.6) is 0 Å². The van der Waals surface area contributed by atoms with Crippen molar-refractivity contribution in [2.75, 3.05) is 18.8 Å². The summed E-state index contributed by atoms with van der Waals surface area (Å²) in [7, 11) is 0. The predicted octanol–water partition coefficient (Wildman–Crippen LogP) is 1.54. The number of anilines is 1. The first-order chi connectivity index (χ1) is 7.20. The minimum absolute atomic E-state index is 0.0371. The molecule has 0 spiro atoms. The zero-order valence-electron chi connectivity index (χ0n) is 9.23. The van der Waals surface area contributed by atoms with Gasteiger partial charge in [0.2, 0.25) is 0 Å². The van der Waals surface area contributed by atoms with Gasteiger partial charge in [0.25, 0.3) is 5.91 Å². The van der Waals surface area contributed by atoms with Gasteiger partial charge in [0.1, 0.15) is 0 Å². The van der Waals surface area contributed by atoms with Crippen LogP contribution in [-0.2, 0) is 0 Å². The average Bonchev–Trinajstić information content (AvgIpc) is 2.25. The number of nitrogens with zero attached hydrogens (tertiary/aromatic N) is 2. The van der Waals surface area contributed by atoms with Crippen molar-refractivity contribution in [3.8, 4) is 0 Å². The van der Waals surface area contributed by atoms with Gasteiger partial charge in [-0.3, -0.25) is 9.78 Å². The number of rotatable bonds is 4. The van der Waals surface area contributed by atoms with Gasteiger partial charge in [0.05, 0.1) is 5.56 Å². The Hall–Kier alpha value is -1.58. The second-order valence-corrected chi connectivity index (χ2v) is 3.35. The Morgan fingerprint density at radius 2 is 2.27 bits per heavy atom. The van der Waals surface area contributed by atoms with E-state index in [0.29, 0.717) is 17.8 Å². The number of hydrogen-bond donors (Lipinski definition) is 1. The van der Waals surface area contributed by atoms with Gasteiger partial charge in [0.15, 0.2) is 0 Å². The van der Waals surface area contributed by atoms with Crippen LogP contribution in [-0.4, -0.2) is 28.9 Å². The molecule has 2 N–H and O–H groups in total. The van der Waals surface area contributed by atoms with Crippen LogP contribution in [0.4, 0.5) is 5.69 Å². The lowest BCUT2D eigenvalue weighted by Gasteiger charge is -2.20. The van der Waals surface area contributed by atoms with E-state index in [1.165, 1.54) is 6.20 Å². The van der Waals surface area contributed by atoms with E-state index in [-0.39, 0.29) is 5.91 Å². The van der Waals surface area contributed by atoms with Gasteiger partial charge in [0, 0.05) is 31.2 Å². The molecule has 0 aliphatic carbocycles. The van der Waals surface area contributed by atoms with Crippen molar-refractivity contribution in [2.24, 2.45) is 0 Å². The molecule has 1 rings (SSSR count). The monoisotopic (exact) mass is 207 g/mol. The van der Waals surface area contributed by atoms with Gasteiger partial charge in [-0.05, 0) is 19.4 Å². The molecular weight excluding hydrogens is 190 g/mol. The molecule has 0 aliphatic heterocycles. The number of hydrogen-bond acceptors (Lipinski definition) is 3. The summed E-state index contributed by atoms with van der Waals surface area (Å²) in [5.41, 5.74) is 6.71. The molecule has 0 saturated heterocycles. The molecule has 0 saturated carbocycles. The van der Waals surface area contributed by atoms with Gasteiger partial charge >= 0.3 is 0 Å². The van der Waals surface area contributed by atoms with Crippen LogP contribution in [0.15, 0.2) is 18.5 Å². The lowest BCUT2D eigenvalue weighted by Crippen LogP contribution is -2.32. The fourth-order valence-corrected chi connectivity index (χ4v) is 1.43. The lowest BCUT2D eigenvalue weighted by molar-refractivity contribution is 0.0765. The normalized spacial score (nSPS) is 10.0. The first-order valence-electron chi connectivity index (χ1n) is 5.19. The summed E-state index contributed by atoms with van der Waals surface area (Å²) in [6.45, 7) is 5.45. The molecule has 0 aliphatic rings. The van der Waals surface area contributed by atoms with Crippen LogP contribution in [0.1, 0.15) is 30.6 Å². The van der Waals surface area contributed by atoms with Crippen LogP contribution >= 0.6 is 0 Å². The highest BCUT2D eigenvalue weighted by Gasteiger charge is 2.15. The molecule has 0 fully saturated rings. The fourth-order valence-electron chi connectivity index (χ4n) is 1.43. The van der Waals surface area contributed by atoms with E-state index in [0.717, 1.165) is 13.0 Å². The third-order valence-corrected chi connectivity index (χ3v) is 2.25. The van der Waals surface area contributed by atoms with Crippen LogP contribution in [0.2, 0.25) is 0 Å². The van der Waals surface area contributed by atoms with Crippen LogP contribution in [0.25, 0.3) is 0 Å². The van der Waals surface area contributed by atoms with Gasteiger partial charge in [-0.25, -0.2) is 0 Å². The quantitative estimate of drug-likeness (QED) is 0.814. The number of nitrogen functional groups attached to an aromatic ring is 1. The van der Waals surface area contributed by atoms with Gasteiger partial charge in [-0.1, -0.05) is 6.92 Å². The summed E-state index contributed by atoms with van der Waals surface area (Å²) < 4.78 is 0. The second kappa shape index (κ2) is 5.34. The standard InChI is InChI=1S/C11H17N3O/c1-3-7-14(4-2)11(15)9-8-13-6-5-10(9)12/h5-6,8H,3-4,7H2,1-2H3,(H2,12,13). The maximum atomic E-state index is 12.0. The van der Waals surface area contributed by atoms with E-state index >= 15 is 0 Å². The first kappa shape index (κ1) is 11.5. The molecule has 0 unspecified atom stereocenters. The molecule has 1 amide bonds. The van der Waals surface area contributed by atoms with Gasteiger partial charge in [-0.15, -0.1) is 0 Å². The Labute approximate surface area is 90.1 Å². The smallest absolute Gasteiger partial charge is 0.257 e. The lowest BCUT2D eigenvalue weighted by atomic mass is 10.2. The molecule has 1 aromatic heterocycles. The zero-order valence-corrected chi connectivity index (χ0v) is 9.23. The molecule has 0 aromatic carbocycles. The molecule has 0 atom stereocenters. The predicted molar refractivity (Wildman–Crippen MR) is 60.5 cm³/mol. The highest BCUT2D eigenvalue weighted by molar-refractivity contribution is 5.98. The van der Waals surface area contributed by atoms with Gasteiger partial charge < -0.3 is 10.6 Å². The largest absolute Gasteiger partial charge is 0.398 e. The second-order valence-electron chi connectivity index (χ2n) is 3.35. The minimum Gasteiger partial charge on any atom is -0.398 e. The number of aromatic nitrogens is 1. The molecule has 0 radical (unpaired) electrons. The number of amides is 1. The summed E-state index contributed by atoms with van der Waals surface area (Å²) >= 11 is 0. The van der Waals surface area contributed by atoms with Crippen molar-refractivity contribution >= 4 is 11.6 Å². The van der Waals surface area contributed by atoms with Crippen molar-refractivity contribution < 1.29 is 4.79 Å². The van der Waals surface area contributed by atoms with E-state index in [1.807, 2.05) is 13.8 Å². The SMILES string of the molecule is CCCN(CC)C(=O)c1cnccc1N. The molecule has 4 heteroatoms. The van der Waals surface area contributed by atoms with E-state index in [2.05, 4.69) is 4.98 Å². The maximum Gasteiger partial charge on any atom is 0.257 e. The van der Waals surface area contributed by atoms with E-state index in [9.17, 15) is 4.79 Å². The Balaban J connectivity index is 2.88. The van der Waals surface area contributed by atoms with Crippen molar-refractivity contribution in [2.45, 2.75) is 20.3 Å². The molecule has 1 heterocycles. The summed E-state index contributed by atoms with van der Waals surface area (Å²) in [5.74, 6) is -0.0371. The molecule has 15 heavy (non-hydrogen) atoms. The van der Waals surface area contributed by atoms with Gasteiger partial charge in [-0.2, -0.15) is 0 Å². The van der Waals surface area contributed by atoms with Crippen molar-refractivity contribution in [3.05, 3.63) is 24.0 Å². The Bertz CT molecular complexity index is 338. The van der Waals surface area contributed by atoms with Crippen LogP contribution in [0.3, 0.4) is 0 Å². The summed E-state index contributed by atoms with van der Waals surface area (Å²) in [5, 5.41) is 0. The highest BCUT2D eigenvalue weighted by atomic mass is 16.2. The highest BCUT2D eigenvalue weighted by Crippen LogP contribution is 2.12. The van der Waals surface area contributed by atoms with Crippen molar-refractivity contribution in [3.63, 3.8) is 0 Å². The zero-order chi connectivity index (χ0) is 11.3. The summed E-state index contributed by atoms with van der Waals surface area (Å²) in [6.07, 6.45) is 4.05. The van der Waals surface area contributed by atoms with Crippen LogP contribution in [0, 0.1) is 0 Å². The molecule has 1 aromatic rings. The average molecular weight is 207 g/mol. The summed E-state index contributed by atoms with van der Waals surface area (Å²) in [6, 6.07) is 1.65. The number of carbonyl (C=O) groups excluding carboxylic acids is 1. The van der Waals surface area contributed by atoms with Crippen molar-refractivity contribution in [1.82, 2.24) is 9.88 Å². The van der Waals surface area contributed by atoms with Crippen molar-refractivity contribution in [1.29, 1.82) is 0 Å². The van der Waals surface area contributed by atoms with E-state index in [1.54, 1.807) is 17.2 Å². The Morgan fingerprint density at radius 3 is 2.80 bits per heavy atom. The minimum atomic E-state index is -0.0371.